The summed E-state index contributed by atoms with van der Waals surface area (Å²) >= 11 is 0. The molecule has 1 N–H and O–H groups in total. The fourth-order valence-electron chi connectivity index (χ4n) is 1.21. The summed E-state index contributed by atoms with van der Waals surface area (Å²) in [6.45, 7) is 9.74. The molecular weight excluding hydrogens is 172 g/mol. The van der Waals surface area contributed by atoms with Crippen molar-refractivity contribution >= 4 is 5.82 Å². The molecule has 0 fully saturated rings. The van der Waals surface area contributed by atoms with Gasteiger partial charge in [0.1, 0.15) is 5.82 Å². The van der Waals surface area contributed by atoms with Crippen LogP contribution in [0.5, 0.6) is 0 Å². The van der Waals surface area contributed by atoms with Gasteiger partial charge in [-0.25, -0.2) is 4.98 Å². The molecule has 0 amide bonds. The second-order valence-electron chi connectivity index (χ2n) is 4.90. The summed E-state index contributed by atoms with van der Waals surface area (Å²) in [5, 5.41) is 3.33. The van der Waals surface area contributed by atoms with Gasteiger partial charge in [0.15, 0.2) is 0 Å². The Hall–Kier alpha value is -1.05. The molecule has 1 rings (SSSR count). The van der Waals surface area contributed by atoms with Gasteiger partial charge in [0.05, 0.1) is 0 Å². The van der Waals surface area contributed by atoms with Crippen molar-refractivity contribution in [1.82, 2.24) is 4.98 Å². The van der Waals surface area contributed by atoms with Crippen LogP contribution >= 0.6 is 0 Å². The Morgan fingerprint density at radius 3 is 2.57 bits per heavy atom. The Kier molecular flexibility index (Phi) is 3.50. The van der Waals surface area contributed by atoms with E-state index < -0.39 is 0 Å². The van der Waals surface area contributed by atoms with E-state index in [-0.39, 0.29) is 0 Å². The smallest absolute Gasteiger partial charge is 0.126 e. The van der Waals surface area contributed by atoms with Gasteiger partial charge in [-0.15, -0.1) is 0 Å². The number of anilines is 1. The van der Waals surface area contributed by atoms with Crippen molar-refractivity contribution in [3.63, 3.8) is 0 Å². The number of hydrogen-bond acceptors (Lipinski definition) is 2. The molecule has 0 saturated carbocycles. The zero-order valence-corrected chi connectivity index (χ0v) is 9.59. The number of pyridine rings is 1. The minimum absolute atomic E-state index is 0.386. The second kappa shape index (κ2) is 4.45. The van der Waals surface area contributed by atoms with Crippen LogP contribution in [0.3, 0.4) is 0 Å². The highest BCUT2D eigenvalue weighted by atomic mass is 15.0. The van der Waals surface area contributed by atoms with E-state index in [1.165, 1.54) is 0 Å². The van der Waals surface area contributed by atoms with E-state index >= 15 is 0 Å². The lowest BCUT2D eigenvalue weighted by atomic mass is 9.92. The summed E-state index contributed by atoms with van der Waals surface area (Å²) in [5.74, 6) is 0.981. The summed E-state index contributed by atoms with van der Waals surface area (Å²) in [5.41, 5.74) is 1.45. The molecule has 2 heteroatoms. The Bertz CT molecular complexity index is 287. The highest BCUT2D eigenvalue weighted by Crippen LogP contribution is 2.18. The molecule has 0 aliphatic heterocycles. The SMILES string of the molecule is Cc1cccc(NCCC(C)(C)C)n1. The van der Waals surface area contributed by atoms with Gasteiger partial charge in [-0.3, -0.25) is 0 Å². The van der Waals surface area contributed by atoms with Crippen LogP contribution in [0.2, 0.25) is 0 Å². The zero-order chi connectivity index (χ0) is 10.6. The molecule has 2 nitrogen and oxygen atoms in total. The van der Waals surface area contributed by atoms with Gasteiger partial charge in [-0.2, -0.15) is 0 Å². The van der Waals surface area contributed by atoms with Crippen molar-refractivity contribution in [2.24, 2.45) is 5.41 Å². The summed E-state index contributed by atoms with van der Waals surface area (Å²) in [4.78, 5) is 4.38. The Balaban J connectivity index is 2.39. The molecule has 0 unspecified atom stereocenters. The van der Waals surface area contributed by atoms with E-state index in [9.17, 15) is 0 Å². The summed E-state index contributed by atoms with van der Waals surface area (Å²) < 4.78 is 0. The van der Waals surface area contributed by atoms with Crippen LogP contribution in [0.25, 0.3) is 0 Å². The van der Waals surface area contributed by atoms with E-state index in [0.29, 0.717) is 5.41 Å². The van der Waals surface area contributed by atoms with Crippen molar-refractivity contribution in [3.8, 4) is 0 Å². The summed E-state index contributed by atoms with van der Waals surface area (Å²) in [6, 6.07) is 6.05. The van der Waals surface area contributed by atoms with Crippen LogP contribution in [0.1, 0.15) is 32.9 Å². The maximum Gasteiger partial charge on any atom is 0.126 e. The Labute approximate surface area is 86.8 Å². The van der Waals surface area contributed by atoms with Crippen molar-refractivity contribution < 1.29 is 0 Å². The van der Waals surface area contributed by atoms with E-state index in [2.05, 4.69) is 31.1 Å². The highest BCUT2D eigenvalue weighted by Gasteiger charge is 2.08. The van der Waals surface area contributed by atoms with E-state index in [0.717, 1.165) is 24.5 Å². The molecular formula is C12H20N2. The number of aryl methyl sites for hydroxylation is 1. The molecule has 1 aromatic rings. The van der Waals surface area contributed by atoms with Crippen LogP contribution in [-0.4, -0.2) is 11.5 Å². The van der Waals surface area contributed by atoms with Crippen molar-refractivity contribution in [1.29, 1.82) is 0 Å². The molecule has 0 aliphatic carbocycles. The predicted octanol–water partition coefficient (Wildman–Crippen LogP) is 3.24. The van der Waals surface area contributed by atoms with Gasteiger partial charge in [0.25, 0.3) is 0 Å². The molecule has 0 aliphatic rings. The minimum atomic E-state index is 0.386. The lowest BCUT2D eigenvalue weighted by molar-refractivity contribution is 0.389. The number of hydrogen-bond donors (Lipinski definition) is 1. The van der Waals surface area contributed by atoms with E-state index in [1.54, 1.807) is 0 Å². The second-order valence-corrected chi connectivity index (χ2v) is 4.90. The maximum absolute atomic E-state index is 4.38. The lowest BCUT2D eigenvalue weighted by Gasteiger charge is -2.18. The Morgan fingerprint density at radius 2 is 2.00 bits per heavy atom. The topological polar surface area (TPSA) is 24.9 Å². The van der Waals surface area contributed by atoms with Crippen LogP contribution in [0, 0.1) is 12.3 Å². The predicted molar refractivity (Wildman–Crippen MR) is 61.5 cm³/mol. The van der Waals surface area contributed by atoms with Gasteiger partial charge in [-0.05, 0) is 30.9 Å². The standard InChI is InChI=1S/C12H20N2/c1-10-6-5-7-11(14-10)13-9-8-12(2,3)4/h5-7H,8-9H2,1-4H3,(H,13,14). The molecule has 78 valence electrons. The number of nitrogens with one attached hydrogen (secondary N) is 1. The van der Waals surface area contributed by atoms with Crippen LogP contribution in [0.15, 0.2) is 18.2 Å². The average molecular weight is 192 g/mol. The summed E-state index contributed by atoms with van der Waals surface area (Å²) in [7, 11) is 0. The van der Waals surface area contributed by atoms with E-state index in [4.69, 9.17) is 0 Å². The summed E-state index contributed by atoms with van der Waals surface area (Å²) in [6.07, 6.45) is 1.16. The Morgan fingerprint density at radius 1 is 1.29 bits per heavy atom. The number of aromatic nitrogens is 1. The van der Waals surface area contributed by atoms with Gasteiger partial charge in [0.2, 0.25) is 0 Å². The van der Waals surface area contributed by atoms with Gasteiger partial charge < -0.3 is 5.32 Å². The van der Waals surface area contributed by atoms with Crippen LogP contribution in [-0.2, 0) is 0 Å². The van der Waals surface area contributed by atoms with Crippen LogP contribution in [0.4, 0.5) is 5.82 Å². The molecule has 0 saturated heterocycles. The molecule has 1 heterocycles. The molecule has 14 heavy (non-hydrogen) atoms. The third-order valence-corrected chi connectivity index (χ3v) is 2.07. The van der Waals surface area contributed by atoms with Crippen molar-refractivity contribution in [2.45, 2.75) is 34.1 Å². The van der Waals surface area contributed by atoms with E-state index in [1.807, 2.05) is 25.1 Å². The molecule has 1 aromatic heterocycles. The van der Waals surface area contributed by atoms with Gasteiger partial charge >= 0.3 is 0 Å². The van der Waals surface area contributed by atoms with Crippen LogP contribution < -0.4 is 5.32 Å². The quantitative estimate of drug-likeness (QED) is 0.795. The first kappa shape index (κ1) is 11.0. The molecule has 0 bridgehead atoms. The fourth-order valence-corrected chi connectivity index (χ4v) is 1.21. The molecule has 0 atom stereocenters. The maximum atomic E-state index is 4.38. The monoisotopic (exact) mass is 192 g/mol. The minimum Gasteiger partial charge on any atom is -0.370 e. The lowest BCUT2D eigenvalue weighted by Crippen LogP contribution is -2.13. The van der Waals surface area contributed by atoms with Gasteiger partial charge in [-0.1, -0.05) is 26.8 Å². The third kappa shape index (κ3) is 4.26. The molecule has 0 aromatic carbocycles. The average Bonchev–Trinajstić information content (AvgIpc) is 2.01. The van der Waals surface area contributed by atoms with Crippen molar-refractivity contribution in [2.75, 3.05) is 11.9 Å². The van der Waals surface area contributed by atoms with Gasteiger partial charge in [0, 0.05) is 12.2 Å². The molecule has 0 radical (unpaired) electrons. The normalized spacial score (nSPS) is 11.4. The first-order chi connectivity index (χ1) is 6.47. The third-order valence-electron chi connectivity index (χ3n) is 2.07. The number of nitrogens with zero attached hydrogens (tertiary/aromatic N) is 1. The zero-order valence-electron chi connectivity index (χ0n) is 9.59. The fraction of sp³-hybridized carbons (Fsp3) is 0.583. The first-order valence-electron chi connectivity index (χ1n) is 5.15. The first-order valence-corrected chi connectivity index (χ1v) is 5.15. The largest absolute Gasteiger partial charge is 0.370 e. The molecule has 0 spiro atoms. The number of rotatable bonds is 3. The highest BCUT2D eigenvalue weighted by molar-refractivity contribution is 5.34. The van der Waals surface area contributed by atoms with Crippen molar-refractivity contribution in [3.05, 3.63) is 23.9 Å².